The van der Waals surface area contributed by atoms with Gasteiger partial charge in [-0.1, -0.05) is 28.1 Å². The maximum Gasteiger partial charge on any atom is 0.336 e. The minimum Gasteiger partial charge on any atom is -0.478 e. The summed E-state index contributed by atoms with van der Waals surface area (Å²) in [6.45, 7) is 1.88. The standard InChI is InChI=1S/C18H16BrFO4/c1-10-2-5-16(20)15(13(10)6-7-19)8-11-3-4-12(17(21)22)9-14(11)18(23)24/h2-5,9H,6-8H2,1H3,(H,21,22)(H,23,24). The summed E-state index contributed by atoms with van der Waals surface area (Å²) in [5.41, 5.74) is 2.37. The normalized spacial score (nSPS) is 10.6. The van der Waals surface area contributed by atoms with Gasteiger partial charge in [0, 0.05) is 11.8 Å². The zero-order valence-electron chi connectivity index (χ0n) is 13.0. The Balaban J connectivity index is 2.54. The van der Waals surface area contributed by atoms with Gasteiger partial charge in [-0.2, -0.15) is 0 Å². The number of halogens is 2. The number of aromatic carboxylic acids is 2. The van der Waals surface area contributed by atoms with Crippen LogP contribution in [0.15, 0.2) is 30.3 Å². The first kappa shape index (κ1) is 18.1. The van der Waals surface area contributed by atoms with Crippen LogP contribution in [-0.2, 0) is 12.8 Å². The average Bonchev–Trinajstić information content (AvgIpc) is 2.54. The van der Waals surface area contributed by atoms with Gasteiger partial charge in [0.25, 0.3) is 0 Å². The molecule has 0 saturated heterocycles. The van der Waals surface area contributed by atoms with Crippen LogP contribution in [-0.4, -0.2) is 27.5 Å². The number of benzene rings is 2. The minimum atomic E-state index is -1.23. The van der Waals surface area contributed by atoms with Crippen molar-refractivity contribution in [3.8, 4) is 0 Å². The third kappa shape index (κ3) is 3.82. The fourth-order valence-electron chi connectivity index (χ4n) is 2.67. The van der Waals surface area contributed by atoms with E-state index in [1.54, 1.807) is 6.07 Å². The fourth-order valence-corrected chi connectivity index (χ4v) is 3.06. The zero-order valence-corrected chi connectivity index (χ0v) is 14.6. The number of carboxylic acid groups (broad SMARTS) is 2. The Kier molecular flexibility index (Phi) is 5.72. The fraction of sp³-hybridized carbons (Fsp3) is 0.222. The lowest BCUT2D eigenvalue weighted by molar-refractivity contribution is 0.0695. The quantitative estimate of drug-likeness (QED) is 0.724. The number of carboxylic acids is 2. The molecule has 2 aromatic carbocycles. The lowest BCUT2D eigenvalue weighted by atomic mass is 9.91. The van der Waals surface area contributed by atoms with E-state index in [0.717, 1.165) is 17.2 Å². The van der Waals surface area contributed by atoms with Gasteiger partial charge in [0.2, 0.25) is 0 Å². The highest BCUT2D eigenvalue weighted by atomic mass is 79.9. The number of hydrogen-bond donors (Lipinski definition) is 2. The maximum atomic E-state index is 14.3. The van der Waals surface area contributed by atoms with E-state index in [0.29, 0.717) is 22.9 Å². The summed E-state index contributed by atoms with van der Waals surface area (Å²) in [6.07, 6.45) is 0.714. The van der Waals surface area contributed by atoms with E-state index in [-0.39, 0.29) is 17.5 Å². The van der Waals surface area contributed by atoms with Gasteiger partial charge in [0.1, 0.15) is 5.82 Å². The Morgan fingerprint density at radius 3 is 2.38 bits per heavy atom. The third-order valence-corrected chi connectivity index (χ3v) is 4.30. The first-order chi connectivity index (χ1) is 11.3. The summed E-state index contributed by atoms with van der Waals surface area (Å²) in [7, 11) is 0. The molecular weight excluding hydrogens is 379 g/mol. The van der Waals surface area contributed by atoms with Gasteiger partial charge in [0.05, 0.1) is 11.1 Å². The summed E-state index contributed by atoms with van der Waals surface area (Å²) < 4.78 is 14.3. The number of carbonyl (C=O) groups is 2. The van der Waals surface area contributed by atoms with Gasteiger partial charge in [-0.05, 0) is 53.8 Å². The molecule has 2 aromatic rings. The highest BCUT2D eigenvalue weighted by Gasteiger charge is 2.18. The van der Waals surface area contributed by atoms with E-state index < -0.39 is 17.8 Å². The Labute approximate surface area is 147 Å². The largest absolute Gasteiger partial charge is 0.478 e. The molecule has 0 unspecified atom stereocenters. The summed E-state index contributed by atoms with van der Waals surface area (Å²) in [5.74, 6) is -2.83. The molecule has 0 bridgehead atoms. The van der Waals surface area contributed by atoms with Crippen LogP contribution in [0.3, 0.4) is 0 Å². The predicted molar refractivity (Wildman–Crippen MR) is 91.8 cm³/mol. The molecule has 0 atom stereocenters. The van der Waals surface area contributed by atoms with Crippen LogP contribution < -0.4 is 0 Å². The molecule has 0 aliphatic rings. The first-order valence-corrected chi connectivity index (χ1v) is 8.39. The van der Waals surface area contributed by atoms with Crippen molar-refractivity contribution in [2.75, 3.05) is 5.33 Å². The van der Waals surface area contributed by atoms with Crippen LogP contribution in [0.5, 0.6) is 0 Å². The molecule has 6 heteroatoms. The third-order valence-electron chi connectivity index (χ3n) is 3.91. The lowest BCUT2D eigenvalue weighted by Gasteiger charge is -2.15. The van der Waals surface area contributed by atoms with Crippen molar-refractivity contribution in [3.63, 3.8) is 0 Å². The predicted octanol–water partition coefficient (Wildman–Crippen LogP) is 4.06. The van der Waals surface area contributed by atoms with Crippen molar-refractivity contribution in [3.05, 3.63) is 69.5 Å². The minimum absolute atomic E-state index is 0.0946. The first-order valence-electron chi connectivity index (χ1n) is 7.27. The average molecular weight is 395 g/mol. The van der Waals surface area contributed by atoms with Gasteiger partial charge in [0.15, 0.2) is 0 Å². The number of hydrogen-bond acceptors (Lipinski definition) is 2. The highest BCUT2D eigenvalue weighted by Crippen LogP contribution is 2.25. The molecule has 126 valence electrons. The monoisotopic (exact) mass is 394 g/mol. The second kappa shape index (κ2) is 7.57. The van der Waals surface area contributed by atoms with Crippen LogP contribution >= 0.6 is 15.9 Å². The zero-order chi connectivity index (χ0) is 17.9. The molecule has 0 amide bonds. The highest BCUT2D eigenvalue weighted by molar-refractivity contribution is 9.09. The number of aryl methyl sites for hydroxylation is 1. The molecular formula is C18H16BrFO4. The molecule has 0 aliphatic carbocycles. The van der Waals surface area contributed by atoms with Gasteiger partial charge in [-0.3, -0.25) is 0 Å². The van der Waals surface area contributed by atoms with E-state index in [4.69, 9.17) is 5.11 Å². The van der Waals surface area contributed by atoms with Crippen LogP contribution in [0.4, 0.5) is 4.39 Å². The Bertz CT molecular complexity index is 802. The molecule has 2 rings (SSSR count). The summed E-state index contributed by atoms with van der Waals surface area (Å²) >= 11 is 3.35. The molecule has 4 nitrogen and oxygen atoms in total. The van der Waals surface area contributed by atoms with E-state index in [1.165, 1.54) is 18.2 Å². The van der Waals surface area contributed by atoms with E-state index >= 15 is 0 Å². The van der Waals surface area contributed by atoms with Crippen LogP contribution in [0.2, 0.25) is 0 Å². The maximum absolute atomic E-state index is 14.3. The molecule has 0 saturated carbocycles. The van der Waals surface area contributed by atoms with Gasteiger partial charge < -0.3 is 10.2 Å². The number of rotatable bonds is 6. The van der Waals surface area contributed by atoms with Gasteiger partial charge in [-0.15, -0.1) is 0 Å². The van der Waals surface area contributed by atoms with Crippen molar-refractivity contribution in [1.29, 1.82) is 0 Å². The van der Waals surface area contributed by atoms with Crippen molar-refractivity contribution in [2.24, 2.45) is 0 Å². The SMILES string of the molecule is Cc1ccc(F)c(Cc2ccc(C(=O)O)cc2C(=O)O)c1CCBr. The molecule has 0 spiro atoms. The molecule has 24 heavy (non-hydrogen) atoms. The Hall–Kier alpha value is -2.21. The molecule has 2 N–H and O–H groups in total. The molecule has 0 fully saturated rings. The lowest BCUT2D eigenvalue weighted by Crippen LogP contribution is -2.09. The van der Waals surface area contributed by atoms with Crippen LogP contribution in [0.1, 0.15) is 43.0 Å². The summed E-state index contributed by atoms with van der Waals surface area (Å²) in [5, 5.41) is 19.0. The van der Waals surface area contributed by atoms with Gasteiger partial charge >= 0.3 is 11.9 Å². The Morgan fingerprint density at radius 2 is 1.79 bits per heavy atom. The van der Waals surface area contributed by atoms with Crippen molar-refractivity contribution >= 4 is 27.9 Å². The smallest absolute Gasteiger partial charge is 0.336 e. The molecule has 0 aliphatic heterocycles. The summed E-state index contributed by atoms with van der Waals surface area (Å²) in [6, 6.07) is 6.95. The van der Waals surface area contributed by atoms with E-state index in [1.807, 2.05) is 6.92 Å². The van der Waals surface area contributed by atoms with Crippen molar-refractivity contribution in [1.82, 2.24) is 0 Å². The summed E-state index contributed by atoms with van der Waals surface area (Å²) in [4.78, 5) is 22.5. The van der Waals surface area contributed by atoms with Gasteiger partial charge in [-0.25, -0.2) is 14.0 Å². The molecule has 0 heterocycles. The van der Waals surface area contributed by atoms with E-state index in [2.05, 4.69) is 15.9 Å². The molecule has 0 radical (unpaired) electrons. The van der Waals surface area contributed by atoms with Crippen LogP contribution in [0.25, 0.3) is 0 Å². The van der Waals surface area contributed by atoms with Crippen LogP contribution in [0, 0.1) is 12.7 Å². The molecule has 0 aromatic heterocycles. The topological polar surface area (TPSA) is 74.6 Å². The second-order valence-electron chi connectivity index (χ2n) is 5.42. The van der Waals surface area contributed by atoms with Crippen molar-refractivity contribution in [2.45, 2.75) is 19.8 Å². The second-order valence-corrected chi connectivity index (χ2v) is 6.21. The van der Waals surface area contributed by atoms with Crippen molar-refractivity contribution < 1.29 is 24.2 Å². The number of alkyl halides is 1. The van der Waals surface area contributed by atoms with E-state index in [9.17, 15) is 19.1 Å². The Morgan fingerprint density at radius 1 is 1.08 bits per heavy atom.